The van der Waals surface area contributed by atoms with Crippen molar-refractivity contribution < 1.29 is 14.7 Å². The molecule has 0 aromatic carbocycles. The fourth-order valence-electron chi connectivity index (χ4n) is 3.37. The third-order valence-corrected chi connectivity index (χ3v) is 4.69. The first-order valence-electron chi connectivity index (χ1n) is 8.44. The molecular formula is C17H23N5O3. The number of carbonyl (C=O) groups is 2. The molecule has 0 unspecified atom stereocenters. The highest BCUT2D eigenvalue weighted by Crippen LogP contribution is 2.28. The SMILES string of the molecule is NCCCCC(=O)N1C[C@@H](O)[C@H](n2ccc3c(C(N)=O)ccnc32)C1. The molecule has 2 atom stereocenters. The van der Waals surface area contributed by atoms with Crippen LogP contribution >= 0.6 is 0 Å². The first-order valence-corrected chi connectivity index (χ1v) is 8.44. The molecule has 8 nitrogen and oxygen atoms in total. The number of aliphatic hydroxyl groups is 1. The van der Waals surface area contributed by atoms with E-state index in [1.54, 1.807) is 23.2 Å². The highest BCUT2D eigenvalue weighted by atomic mass is 16.3. The molecule has 2 amide bonds. The summed E-state index contributed by atoms with van der Waals surface area (Å²) in [7, 11) is 0. The van der Waals surface area contributed by atoms with Crippen molar-refractivity contribution >= 4 is 22.8 Å². The first kappa shape index (κ1) is 17.4. The van der Waals surface area contributed by atoms with Gasteiger partial charge in [0.2, 0.25) is 11.8 Å². The summed E-state index contributed by atoms with van der Waals surface area (Å²) in [6.45, 7) is 1.28. The Labute approximate surface area is 145 Å². The molecule has 2 aromatic rings. The Morgan fingerprint density at radius 2 is 2.08 bits per heavy atom. The Hall–Kier alpha value is -2.45. The number of amides is 2. The molecule has 1 aliphatic heterocycles. The molecule has 0 aliphatic carbocycles. The van der Waals surface area contributed by atoms with Gasteiger partial charge in [0.1, 0.15) is 5.65 Å². The van der Waals surface area contributed by atoms with Crippen molar-refractivity contribution in [2.24, 2.45) is 11.5 Å². The highest BCUT2D eigenvalue weighted by Gasteiger charge is 2.35. The van der Waals surface area contributed by atoms with Crippen LogP contribution in [0.1, 0.15) is 35.7 Å². The number of β-amino-alcohol motifs (C(OH)–C–C–N with tert-alkyl or cyclic N) is 1. The number of pyridine rings is 1. The van der Waals surface area contributed by atoms with E-state index in [4.69, 9.17) is 11.5 Å². The molecule has 3 rings (SSSR count). The lowest BCUT2D eigenvalue weighted by molar-refractivity contribution is -0.130. The molecule has 134 valence electrons. The number of hydrogen-bond acceptors (Lipinski definition) is 5. The molecule has 0 bridgehead atoms. The Bertz CT molecular complexity index is 788. The second-order valence-electron chi connectivity index (χ2n) is 6.36. The Balaban J connectivity index is 1.81. The predicted octanol–water partition coefficient (Wildman–Crippen LogP) is 0.00840. The van der Waals surface area contributed by atoms with Crippen LogP contribution in [0.25, 0.3) is 11.0 Å². The number of unbranched alkanes of at least 4 members (excludes halogenated alkanes) is 1. The summed E-state index contributed by atoms with van der Waals surface area (Å²) >= 11 is 0. The van der Waals surface area contributed by atoms with Crippen molar-refractivity contribution in [2.45, 2.75) is 31.4 Å². The summed E-state index contributed by atoms with van der Waals surface area (Å²) in [5.74, 6) is -0.494. The molecule has 0 saturated carbocycles. The summed E-state index contributed by atoms with van der Waals surface area (Å²) in [5.41, 5.74) is 11.8. The van der Waals surface area contributed by atoms with Crippen LogP contribution in [-0.4, -0.2) is 57.1 Å². The van der Waals surface area contributed by atoms with Crippen molar-refractivity contribution in [1.29, 1.82) is 0 Å². The van der Waals surface area contributed by atoms with E-state index in [2.05, 4.69) is 4.98 Å². The van der Waals surface area contributed by atoms with Crippen LogP contribution in [0.2, 0.25) is 0 Å². The number of primary amides is 1. The Kier molecular flexibility index (Phi) is 5.00. The van der Waals surface area contributed by atoms with Gasteiger partial charge in [-0.1, -0.05) is 0 Å². The summed E-state index contributed by atoms with van der Waals surface area (Å²) in [6, 6.07) is 3.04. The van der Waals surface area contributed by atoms with Crippen LogP contribution in [-0.2, 0) is 4.79 Å². The second kappa shape index (κ2) is 7.20. The van der Waals surface area contributed by atoms with E-state index < -0.39 is 12.0 Å². The quantitative estimate of drug-likeness (QED) is 0.635. The average molecular weight is 345 g/mol. The van der Waals surface area contributed by atoms with Crippen LogP contribution in [0.5, 0.6) is 0 Å². The summed E-state index contributed by atoms with van der Waals surface area (Å²) in [4.78, 5) is 29.8. The Morgan fingerprint density at radius 1 is 1.28 bits per heavy atom. The van der Waals surface area contributed by atoms with Gasteiger partial charge in [-0.2, -0.15) is 0 Å². The monoisotopic (exact) mass is 345 g/mol. The lowest BCUT2D eigenvalue weighted by atomic mass is 10.2. The van der Waals surface area contributed by atoms with Gasteiger partial charge in [-0.05, 0) is 31.5 Å². The average Bonchev–Trinajstić information content (AvgIpc) is 3.17. The van der Waals surface area contributed by atoms with Gasteiger partial charge in [-0.15, -0.1) is 0 Å². The molecule has 1 saturated heterocycles. The van der Waals surface area contributed by atoms with Gasteiger partial charge < -0.3 is 26.0 Å². The maximum absolute atomic E-state index is 12.3. The minimum atomic E-state index is -0.687. The van der Waals surface area contributed by atoms with Gasteiger partial charge in [-0.25, -0.2) is 4.98 Å². The van der Waals surface area contributed by atoms with Crippen LogP contribution in [0.15, 0.2) is 24.5 Å². The normalized spacial score (nSPS) is 20.3. The molecule has 0 radical (unpaired) electrons. The van der Waals surface area contributed by atoms with E-state index in [9.17, 15) is 14.7 Å². The molecule has 5 N–H and O–H groups in total. The summed E-state index contributed by atoms with van der Waals surface area (Å²) in [5, 5.41) is 11.1. The zero-order valence-corrected chi connectivity index (χ0v) is 14.0. The highest BCUT2D eigenvalue weighted by molar-refractivity contribution is 6.04. The minimum Gasteiger partial charge on any atom is -0.389 e. The third kappa shape index (κ3) is 3.35. The molecular weight excluding hydrogens is 322 g/mol. The molecule has 0 spiro atoms. The lowest BCUT2D eigenvalue weighted by Gasteiger charge is -2.17. The summed E-state index contributed by atoms with van der Waals surface area (Å²) < 4.78 is 1.82. The number of nitrogens with zero attached hydrogens (tertiary/aromatic N) is 3. The maximum atomic E-state index is 12.3. The van der Waals surface area contributed by atoms with Crippen molar-refractivity contribution in [3.05, 3.63) is 30.1 Å². The van der Waals surface area contributed by atoms with E-state index in [1.165, 1.54) is 6.20 Å². The lowest BCUT2D eigenvalue weighted by Crippen LogP contribution is -2.29. The molecule has 3 heterocycles. The van der Waals surface area contributed by atoms with E-state index >= 15 is 0 Å². The van der Waals surface area contributed by atoms with Gasteiger partial charge >= 0.3 is 0 Å². The Morgan fingerprint density at radius 3 is 2.80 bits per heavy atom. The number of carbonyl (C=O) groups excluding carboxylic acids is 2. The standard InChI is InChI=1S/C17H23N5O3/c18-6-2-1-3-15(24)21-9-13(14(23)10-21)22-8-5-12-11(16(19)25)4-7-20-17(12)22/h4-5,7-8,13-14,23H,1-3,6,9-10,18H2,(H2,19,25)/t13-,14-/m1/s1. The smallest absolute Gasteiger partial charge is 0.249 e. The minimum absolute atomic E-state index is 0.0252. The zero-order valence-electron chi connectivity index (χ0n) is 14.0. The van der Waals surface area contributed by atoms with Crippen molar-refractivity contribution in [3.63, 3.8) is 0 Å². The van der Waals surface area contributed by atoms with E-state index in [1.807, 2.05) is 4.57 Å². The fraction of sp³-hybridized carbons (Fsp3) is 0.471. The largest absolute Gasteiger partial charge is 0.389 e. The van der Waals surface area contributed by atoms with Gasteiger partial charge in [0.15, 0.2) is 0 Å². The number of aliphatic hydroxyl groups excluding tert-OH is 1. The van der Waals surface area contributed by atoms with E-state index in [0.717, 1.165) is 12.8 Å². The van der Waals surface area contributed by atoms with Gasteiger partial charge in [0.05, 0.1) is 17.7 Å². The number of hydrogen-bond donors (Lipinski definition) is 3. The zero-order chi connectivity index (χ0) is 18.0. The predicted molar refractivity (Wildman–Crippen MR) is 92.8 cm³/mol. The molecule has 8 heteroatoms. The second-order valence-corrected chi connectivity index (χ2v) is 6.36. The number of nitrogens with two attached hydrogens (primary N) is 2. The number of aromatic nitrogens is 2. The van der Waals surface area contributed by atoms with Crippen LogP contribution < -0.4 is 11.5 Å². The van der Waals surface area contributed by atoms with Crippen LogP contribution in [0.4, 0.5) is 0 Å². The number of fused-ring (bicyclic) bond motifs is 1. The molecule has 1 aliphatic rings. The van der Waals surface area contributed by atoms with E-state index in [0.29, 0.717) is 42.7 Å². The third-order valence-electron chi connectivity index (χ3n) is 4.69. The maximum Gasteiger partial charge on any atom is 0.249 e. The number of rotatable bonds is 6. The molecule has 1 fully saturated rings. The van der Waals surface area contributed by atoms with Crippen molar-refractivity contribution in [3.8, 4) is 0 Å². The van der Waals surface area contributed by atoms with Crippen molar-refractivity contribution in [2.75, 3.05) is 19.6 Å². The van der Waals surface area contributed by atoms with Crippen LogP contribution in [0.3, 0.4) is 0 Å². The number of likely N-dealkylation sites (tertiary alicyclic amines) is 1. The topological polar surface area (TPSA) is 127 Å². The van der Waals surface area contributed by atoms with Gasteiger partial charge in [-0.3, -0.25) is 9.59 Å². The van der Waals surface area contributed by atoms with Gasteiger partial charge in [0, 0.05) is 37.3 Å². The molecule has 25 heavy (non-hydrogen) atoms. The first-order chi connectivity index (χ1) is 12.0. The van der Waals surface area contributed by atoms with Gasteiger partial charge in [0.25, 0.3) is 0 Å². The van der Waals surface area contributed by atoms with Crippen molar-refractivity contribution in [1.82, 2.24) is 14.5 Å². The summed E-state index contributed by atoms with van der Waals surface area (Å²) in [6.07, 6.45) is 4.62. The van der Waals surface area contributed by atoms with E-state index in [-0.39, 0.29) is 11.9 Å². The fourth-order valence-corrected chi connectivity index (χ4v) is 3.37. The molecule has 2 aromatic heterocycles. The van der Waals surface area contributed by atoms with Crippen LogP contribution in [0, 0.1) is 0 Å².